The molecule has 116 valence electrons. The number of aryl methyl sites for hydroxylation is 1. The number of hydrogen-bond acceptors (Lipinski definition) is 5. The van der Waals surface area contributed by atoms with E-state index in [0.717, 1.165) is 12.1 Å². The summed E-state index contributed by atoms with van der Waals surface area (Å²) in [5.41, 5.74) is -3.02. The molecule has 1 heterocycles. The van der Waals surface area contributed by atoms with Crippen molar-refractivity contribution < 1.29 is 22.8 Å². The summed E-state index contributed by atoms with van der Waals surface area (Å²) in [6.45, 7) is 1.19. The predicted octanol–water partition coefficient (Wildman–Crippen LogP) is 2.80. The third kappa shape index (κ3) is 3.22. The molecule has 10 heteroatoms. The summed E-state index contributed by atoms with van der Waals surface area (Å²) >= 11 is 0. The van der Waals surface area contributed by atoms with Crippen molar-refractivity contribution in [1.82, 2.24) is 9.97 Å². The molecule has 2 rings (SSSR count). The van der Waals surface area contributed by atoms with E-state index < -0.39 is 28.1 Å². The molecule has 0 saturated carbocycles. The fourth-order valence-corrected chi connectivity index (χ4v) is 1.64. The smallest absolute Gasteiger partial charge is 0.437 e. The maximum atomic E-state index is 12.9. The van der Waals surface area contributed by atoms with Crippen molar-refractivity contribution in [1.29, 1.82) is 0 Å². The minimum Gasteiger partial charge on any atom is -0.449 e. The van der Waals surface area contributed by atoms with Crippen molar-refractivity contribution in [3.63, 3.8) is 0 Å². The molecule has 0 unspecified atom stereocenters. The minimum atomic E-state index is -4.91. The van der Waals surface area contributed by atoms with Gasteiger partial charge < -0.3 is 9.72 Å². The standard InChI is InChI=1S/C12H8F3N3O4/c1-6-16-10(12(13,14)15)9(11(19)17-6)22-8-4-2-3-7(5-8)18(20)21/h2-5H,1H3,(H,16,17,19). The van der Waals surface area contributed by atoms with Crippen LogP contribution in [-0.4, -0.2) is 14.9 Å². The maximum absolute atomic E-state index is 12.9. The number of halogens is 3. The van der Waals surface area contributed by atoms with Gasteiger partial charge in [0.25, 0.3) is 11.2 Å². The lowest BCUT2D eigenvalue weighted by atomic mass is 10.3. The molecule has 0 spiro atoms. The first-order valence-corrected chi connectivity index (χ1v) is 5.79. The molecule has 1 aromatic carbocycles. The van der Waals surface area contributed by atoms with Crippen molar-refractivity contribution in [2.24, 2.45) is 0 Å². The number of benzene rings is 1. The third-order valence-corrected chi connectivity index (χ3v) is 2.51. The monoisotopic (exact) mass is 315 g/mol. The summed E-state index contributed by atoms with van der Waals surface area (Å²) in [7, 11) is 0. The molecule has 0 radical (unpaired) electrons. The van der Waals surface area contributed by atoms with E-state index in [9.17, 15) is 28.1 Å². The number of nitrogens with zero attached hydrogens (tertiary/aromatic N) is 2. The van der Waals surface area contributed by atoms with Gasteiger partial charge in [-0.1, -0.05) is 6.07 Å². The second-order valence-electron chi connectivity index (χ2n) is 4.18. The van der Waals surface area contributed by atoms with Gasteiger partial charge in [-0.25, -0.2) is 4.98 Å². The summed E-state index contributed by atoms with van der Waals surface area (Å²) in [5.74, 6) is -1.59. The van der Waals surface area contributed by atoms with E-state index in [1.54, 1.807) is 0 Å². The van der Waals surface area contributed by atoms with Crippen LogP contribution in [0.1, 0.15) is 11.5 Å². The number of ether oxygens (including phenoxy) is 1. The quantitative estimate of drug-likeness (QED) is 0.693. The Morgan fingerprint density at radius 1 is 1.36 bits per heavy atom. The zero-order chi connectivity index (χ0) is 16.5. The van der Waals surface area contributed by atoms with Crippen LogP contribution in [0.25, 0.3) is 0 Å². The summed E-state index contributed by atoms with van der Waals surface area (Å²) in [6, 6.07) is 4.44. The van der Waals surface area contributed by atoms with Crippen LogP contribution in [0.4, 0.5) is 18.9 Å². The molecular weight excluding hydrogens is 307 g/mol. The van der Waals surface area contributed by atoms with Crippen LogP contribution in [-0.2, 0) is 6.18 Å². The first-order valence-electron chi connectivity index (χ1n) is 5.79. The lowest BCUT2D eigenvalue weighted by Gasteiger charge is -2.12. The highest BCUT2D eigenvalue weighted by Crippen LogP contribution is 2.34. The molecule has 2 aromatic rings. The minimum absolute atomic E-state index is 0.233. The Morgan fingerprint density at radius 2 is 2.05 bits per heavy atom. The molecule has 0 fully saturated rings. The number of aromatic amines is 1. The SMILES string of the molecule is Cc1nc(C(F)(F)F)c(Oc2cccc([N+](=O)[O-])c2)c(=O)[nH]1. The molecule has 0 aliphatic rings. The Hall–Kier alpha value is -2.91. The van der Waals surface area contributed by atoms with Crippen molar-refractivity contribution in [3.8, 4) is 11.5 Å². The summed E-state index contributed by atoms with van der Waals surface area (Å²) in [5, 5.41) is 10.6. The predicted molar refractivity (Wildman–Crippen MR) is 67.8 cm³/mol. The van der Waals surface area contributed by atoms with Crippen LogP contribution in [0.2, 0.25) is 0 Å². The number of nitro benzene ring substituents is 1. The van der Waals surface area contributed by atoms with E-state index in [1.807, 2.05) is 0 Å². The molecule has 0 aliphatic carbocycles. The molecule has 0 saturated heterocycles. The Labute approximate surface area is 120 Å². The summed E-state index contributed by atoms with van der Waals surface area (Å²) < 4.78 is 43.6. The third-order valence-electron chi connectivity index (χ3n) is 2.51. The van der Waals surface area contributed by atoms with Gasteiger partial charge in [0.1, 0.15) is 11.6 Å². The van der Waals surface area contributed by atoms with E-state index in [1.165, 1.54) is 19.1 Å². The van der Waals surface area contributed by atoms with Gasteiger partial charge >= 0.3 is 6.18 Å². The first kappa shape index (κ1) is 15.5. The zero-order valence-corrected chi connectivity index (χ0v) is 11.0. The van der Waals surface area contributed by atoms with Crippen molar-refractivity contribution in [2.45, 2.75) is 13.1 Å². The van der Waals surface area contributed by atoms with Gasteiger partial charge in [-0.2, -0.15) is 13.2 Å². The van der Waals surface area contributed by atoms with Gasteiger partial charge in [0.2, 0.25) is 5.75 Å². The van der Waals surface area contributed by atoms with Crippen LogP contribution >= 0.6 is 0 Å². The van der Waals surface area contributed by atoms with E-state index >= 15 is 0 Å². The molecule has 22 heavy (non-hydrogen) atoms. The molecule has 7 nitrogen and oxygen atoms in total. The van der Waals surface area contributed by atoms with Gasteiger partial charge in [0.15, 0.2) is 5.69 Å². The molecular formula is C12H8F3N3O4. The van der Waals surface area contributed by atoms with Crippen LogP contribution in [0.3, 0.4) is 0 Å². The highest BCUT2D eigenvalue weighted by molar-refractivity contribution is 5.41. The van der Waals surface area contributed by atoms with Gasteiger partial charge in [0, 0.05) is 6.07 Å². The number of H-pyrrole nitrogens is 1. The Kier molecular flexibility index (Phi) is 3.85. The number of non-ortho nitro benzene ring substituents is 1. The molecule has 1 aromatic heterocycles. The van der Waals surface area contributed by atoms with Gasteiger partial charge in [-0.15, -0.1) is 0 Å². The number of aromatic nitrogens is 2. The number of hydrogen-bond donors (Lipinski definition) is 1. The molecule has 0 bridgehead atoms. The summed E-state index contributed by atoms with van der Waals surface area (Å²) in [6.07, 6.45) is -4.91. The molecule has 0 amide bonds. The van der Waals surface area contributed by atoms with Crippen molar-refractivity contribution in [2.75, 3.05) is 0 Å². The van der Waals surface area contributed by atoms with Crippen LogP contribution in [0.15, 0.2) is 29.1 Å². The number of nitro groups is 1. The van der Waals surface area contributed by atoms with Crippen LogP contribution in [0, 0.1) is 17.0 Å². The first-order chi connectivity index (χ1) is 10.2. The topological polar surface area (TPSA) is 98.1 Å². The molecule has 1 N–H and O–H groups in total. The molecule has 0 aliphatic heterocycles. The fraction of sp³-hybridized carbons (Fsp3) is 0.167. The van der Waals surface area contributed by atoms with Crippen molar-refractivity contribution in [3.05, 3.63) is 56.3 Å². The normalized spacial score (nSPS) is 11.3. The van der Waals surface area contributed by atoms with Gasteiger partial charge in [-0.3, -0.25) is 14.9 Å². The average Bonchev–Trinajstić information content (AvgIpc) is 2.40. The van der Waals surface area contributed by atoms with Gasteiger partial charge in [0.05, 0.1) is 11.0 Å². The van der Waals surface area contributed by atoms with Gasteiger partial charge in [-0.05, 0) is 13.0 Å². The van der Waals surface area contributed by atoms with Crippen LogP contribution < -0.4 is 10.3 Å². The van der Waals surface area contributed by atoms with Crippen molar-refractivity contribution >= 4 is 5.69 Å². The Morgan fingerprint density at radius 3 is 2.64 bits per heavy atom. The largest absolute Gasteiger partial charge is 0.449 e. The zero-order valence-electron chi connectivity index (χ0n) is 11.0. The fourth-order valence-electron chi connectivity index (χ4n) is 1.64. The highest BCUT2D eigenvalue weighted by Gasteiger charge is 2.38. The lowest BCUT2D eigenvalue weighted by molar-refractivity contribution is -0.384. The number of nitrogens with one attached hydrogen (secondary N) is 1. The lowest BCUT2D eigenvalue weighted by Crippen LogP contribution is -2.20. The average molecular weight is 315 g/mol. The highest BCUT2D eigenvalue weighted by atomic mass is 19.4. The van der Waals surface area contributed by atoms with Crippen LogP contribution in [0.5, 0.6) is 11.5 Å². The van der Waals surface area contributed by atoms with E-state index in [2.05, 4.69) is 9.97 Å². The summed E-state index contributed by atoms with van der Waals surface area (Å²) in [4.78, 5) is 26.9. The second-order valence-corrected chi connectivity index (χ2v) is 4.18. The Bertz CT molecular complexity index is 786. The second kappa shape index (κ2) is 5.47. The van der Waals surface area contributed by atoms with E-state index in [4.69, 9.17) is 4.74 Å². The number of alkyl halides is 3. The van der Waals surface area contributed by atoms with E-state index in [0.29, 0.717) is 0 Å². The maximum Gasteiger partial charge on any atom is 0.437 e. The van der Waals surface area contributed by atoms with E-state index in [-0.39, 0.29) is 17.3 Å². The molecule has 0 atom stereocenters. The Balaban J connectivity index is 2.52. The number of rotatable bonds is 3.